The van der Waals surface area contributed by atoms with Gasteiger partial charge >= 0.3 is 17.3 Å². The number of para-hydroxylation sites is 8. The molecular weight excluding hydrogens is 1060 g/mol. The highest BCUT2D eigenvalue weighted by atomic mass is 79.9. The third-order valence-electron chi connectivity index (χ3n) is 12.4. The quantitative estimate of drug-likeness (QED) is 0.126. The third-order valence-corrected chi connectivity index (χ3v) is 14.4. The van der Waals surface area contributed by atoms with E-state index in [1.807, 2.05) is 110 Å². The van der Waals surface area contributed by atoms with Crippen LogP contribution in [0.3, 0.4) is 0 Å². The molecule has 70 heavy (non-hydrogen) atoms. The second-order valence-electron chi connectivity index (χ2n) is 16.9. The Kier molecular flexibility index (Phi) is 13.7. The standard InChI is InChI=1S/C41H30B2Br2FN7.C14H15BBrN/c1-29-15-12-24-36(47-29)41(46,37-25-13-27-39(48-37)52-34-22-10-8-20-32(34)50(42(52)44)30-16-4-2-5-17-30)38-26-14-28-40(49-38)53-35-23-11-9-21-33(35)51(43(53)45)31-18-6-3-7-19-31;1-12-8-6-7-11-14(12)17(15(2)16)13-9-4-3-5-10-13/h2-28H,1H3;3-11H,1-2H3. The van der Waals surface area contributed by atoms with Crippen LogP contribution < -0.4 is 24.1 Å². The molecule has 342 valence electrons. The van der Waals surface area contributed by atoms with Crippen LogP contribution in [0.2, 0.25) is 6.82 Å². The molecule has 0 aliphatic carbocycles. The van der Waals surface area contributed by atoms with E-state index >= 15 is 4.39 Å². The van der Waals surface area contributed by atoms with Crippen LogP contribution in [0.15, 0.2) is 218 Å². The van der Waals surface area contributed by atoms with Gasteiger partial charge in [0.2, 0.25) is 5.67 Å². The van der Waals surface area contributed by atoms with E-state index in [0.29, 0.717) is 17.3 Å². The van der Waals surface area contributed by atoms with Gasteiger partial charge in [-0.15, -0.1) is 15.8 Å². The number of nitrogens with zero attached hydrogens (tertiary/aromatic N) is 8. The lowest BCUT2D eigenvalue weighted by Crippen LogP contribution is -2.39. The molecule has 0 saturated carbocycles. The first-order chi connectivity index (χ1) is 34.1. The predicted octanol–water partition coefficient (Wildman–Crippen LogP) is 15.4. The third kappa shape index (κ3) is 8.91. The van der Waals surface area contributed by atoms with Crippen molar-refractivity contribution in [3.8, 4) is 0 Å². The van der Waals surface area contributed by atoms with Gasteiger partial charge in [-0.2, -0.15) is 0 Å². The van der Waals surface area contributed by atoms with E-state index in [0.717, 1.165) is 34.1 Å². The normalized spacial score (nSPS) is 12.9. The molecule has 0 radical (unpaired) electrons. The summed E-state index contributed by atoms with van der Waals surface area (Å²) in [7, 11) is 0. The molecule has 0 N–H and O–H groups in total. The van der Waals surface area contributed by atoms with Crippen LogP contribution in [-0.2, 0) is 5.67 Å². The van der Waals surface area contributed by atoms with Gasteiger partial charge in [0.15, 0.2) is 0 Å². The fraction of sp³-hybridized carbons (Fsp3) is 0.0727. The monoisotopic (exact) mass is 1110 g/mol. The summed E-state index contributed by atoms with van der Waals surface area (Å²) in [5, 5.41) is 0. The molecule has 0 fully saturated rings. The number of pyridine rings is 3. The minimum Gasteiger partial charge on any atom is -0.375 e. The Labute approximate surface area is 435 Å². The zero-order valence-electron chi connectivity index (χ0n) is 38.6. The maximum Gasteiger partial charge on any atom is 0.466 e. The zero-order chi connectivity index (χ0) is 48.4. The average Bonchev–Trinajstić information content (AvgIpc) is 3.87. The fourth-order valence-corrected chi connectivity index (χ4v) is 11.4. The Morgan fingerprint density at radius 3 is 1.29 bits per heavy atom. The average molecular weight is 1110 g/mol. The Hall–Kier alpha value is -6.67. The Morgan fingerprint density at radius 1 is 0.457 bits per heavy atom. The molecule has 2 aliphatic rings. The number of alkyl halides is 1. The maximum atomic E-state index is 18.7. The Balaban J connectivity index is 0.000000282. The van der Waals surface area contributed by atoms with Crippen molar-refractivity contribution in [1.29, 1.82) is 0 Å². The lowest BCUT2D eigenvalue weighted by molar-refractivity contribution is 0.258. The molecule has 9 aromatic rings. The van der Waals surface area contributed by atoms with Crippen LogP contribution in [0.4, 0.5) is 61.5 Å². The lowest BCUT2D eigenvalue weighted by Gasteiger charge is -2.29. The number of halogens is 4. The van der Waals surface area contributed by atoms with Gasteiger partial charge in [0.25, 0.3) is 0 Å². The molecule has 11 rings (SSSR count). The van der Waals surface area contributed by atoms with Crippen molar-refractivity contribution >= 4 is 122 Å². The second kappa shape index (κ2) is 20.4. The van der Waals surface area contributed by atoms with Crippen LogP contribution in [-0.4, -0.2) is 32.2 Å². The summed E-state index contributed by atoms with van der Waals surface area (Å²) in [6.45, 7) is 6.14. The number of benzene rings is 6. The van der Waals surface area contributed by atoms with Crippen molar-refractivity contribution in [3.63, 3.8) is 0 Å². The van der Waals surface area contributed by atoms with Gasteiger partial charge in [0.1, 0.15) is 11.6 Å². The minimum atomic E-state index is -2.31. The van der Waals surface area contributed by atoms with E-state index in [9.17, 15) is 0 Å². The van der Waals surface area contributed by atoms with Crippen molar-refractivity contribution in [1.82, 2.24) is 15.0 Å². The number of aromatic nitrogens is 3. The molecular formula is C55H45B3Br3FN8. The van der Waals surface area contributed by atoms with Crippen LogP contribution in [0.1, 0.15) is 28.3 Å². The van der Waals surface area contributed by atoms with E-state index < -0.39 is 5.67 Å². The number of hydrogen-bond donors (Lipinski definition) is 0. The Morgan fingerprint density at radius 2 is 0.843 bits per heavy atom. The number of hydrogen-bond acceptors (Lipinski definition) is 8. The molecule has 0 unspecified atom stereocenters. The summed E-state index contributed by atoms with van der Waals surface area (Å²) >= 11 is 11.6. The molecule has 5 heterocycles. The van der Waals surface area contributed by atoms with Gasteiger partial charge in [-0.3, -0.25) is 4.98 Å². The highest BCUT2D eigenvalue weighted by molar-refractivity contribution is 9.25. The number of rotatable bonds is 10. The first-order valence-electron chi connectivity index (χ1n) is 23.0. The summed E-state index contributed by atoms with van der Waals surface area (Å²) in [5.41, 5.74) is 8.86. The molecule has 0 spiro atoms. The zero-order valence-corrected chi connectivity index (χ0v) is 43.4. The van der Waals surface area contributed by atoms with E-state index in [2.05, 4.69) is 182 Å². The van der Waals surface area contributed by atoms with Gasteiger partial charge in [0, 0.05) is 28.4 Å². The molecule has 3 aromatic heterocycles. The summed E-state index contributed by atoms with van der Waals surface area (Å²) in [6.07, 6.45) is 0. The SMILES string of the molecule is CB(Br)N(c1ccccc1)c1ccccc1C.Cc1cccc(C(F)(c2cccc(N3B(Br)N(c4ccccc4)c4ccccc43)n2)c2cccc(N3B(Br)N(c4ccccc4)c4ccccc43)n2)n1. The van der Waals surface area contributed by atoms with Crippen LogP contribution >= 0.6 is 47.3 Å². The number of aryl methyl sites for hydroxylation is 2. The predicted molar refractivity (Wildman–Crippen MR) is 302 cm³/mol. The van der Waals surface area contributed by atoms with E-state index in [1.165, 1.54) is 16.9 Å². The van der Waals surface area contributed by atoms with Gasteiger partial charge < -0.3 is 24.1 Å². The summed E-state index contributed by atoms with van der Waals surface area (Å²) < 4.78 is 18.7. The Bertz CT molecular complexity index is 3110. The highest BCUT2D eigenvalue weighted by Gasteiger charge is 2.46. The summed E-state index contributed by atoms with van der Waals surface area (Å²) in [6, 6.07) is 71.9. The summed E-state index contributed by atoms with van der Waals surface area (Å²) in [5.74, 6) is 0.509. The molecule has 6 aromatic carbocycles. The second-order valence-corrected chi connectivity index (χ2v) is 19.9. The molecule has 0 atom stereocenters. The largest absolute Gasteiger partial charge is 0.466 e. The van der Waals surface area contributed by atoms with Crippen molar-refractivity contribution in [3.05, 3.63) is 247 Å². The van der Waals surface area contributed by atoms with Crippen molar-refractivity contribution in [2.24, 2.45) is 0 Å². The lowest BCUT2D eigenvalue weighted by atomic mass is 9.91. The maximum absolute atomic E-state index is 18.7. The van der Waals surface area contributed by atoms with Gasteiger partial charge in [-0.25, -0.2) is 14.4 Å². The molecule has 8 nitrogen and oxygen atoms in total. The summed E-state index contributed by atoms with van der Waals surface area (Å²) in [4.78, 5) is 25.8. The van der Waals surface area contributed by atoms with E-state index in [4.69, 9.17) is 15.0 Å². The van der Waals surface area contributed by atoms with Crippen LogP contribution in [0, 0.1) is 13.8 Å². The van der Waals surface area contributed by atoms with E-state index in [1.54, 1.807) is 18.2 Å². The first kappa shape index (κ1) is 47.0. The molecule has 0 saturated heterocycles. The van der Waals surface area contributed by atoms with Crippen molar-refractivity contribution in [2.75, 3.05) is 24.1 Å². The molecule has 0 bridgehead atoms. The highest BCUT2D eigenvalue weighted by Crippen LogP contribution is 2.50. The fourth-order valence-electron chi connectivity index (χ4n) is 9.19. The topological polar surface area (TPSA) is 54.9 Å². The minimum absolute atomic E-state index is 0.177. The molecule has 2 aliphatic heterocycles. The van der Waals surface area contributed by atoms with Crippen molar-refractivity contribution < 1.29 is 4.39 Å². The van der Waals surface area contributed by atoms with Gasteiger partial charge in [0.05, 0.1) is 39.8 Å². The molecule has 0 amide bonds. The van der Waals surface area contributed by atoms with Crippen LogP contribution in [0.25, 0.3) is 0 Å². The number of anilines is 10. The molecule has 15 heteroatoms. The number of fused-ring (bicyclic) bond motifs is 2. The van der Waals surface area contributed by atoms with E-state index in [-0.39, 0.29) is 34.4 Å². The smallest absolute Gasteiger partial charge is 0.375 e. The van der Waals surface area contributed by atoms with Crippen molar-refractivity contribution in [2.45, 2.75) is 26.3 Å². The van der Waals surface area contributed by atoms with Crippen LogP contribution in [0.5, 0.6) is 0 Å². The first-order valence-corrected chi connectivity index (χ1v) is 25.7. The van der Waals surface area contributed by atoms with Gasteiger partial charge in [-0.05, 0) is 123 Å². The van der Waals surface area contributed by atoms with Gasteiger partial charge in [-0.1, -0.05) is 154 Å².